The zero-order valence-electron chi connectivity index (χ0n) is 11.9. The smallest absolute Gasteiger partial charge is 0.312 e. The summed E-state index contributed by atoms with van der Waals surface area (Å²) in [7, 11) is 0. The van der Waals surface area contributed by atoms with Crippen LogP contribution in [0, 0.1) is 0 Å². The summed E-state index contributed by atoms with van der Waals surface area (Å²) in [6, 6.07) is 6.19. The maximum absolute atomic E-state index is 11.8. The van der Waals surface area contributed by atoms with Gasteiger partial charge in [-0.05, 0) is 37.1 Å². The maximum Gasteiger partial charge on any atom is 0.312 e. The Hall–Kier alpha value is -0.880. The number of hydrogen-bond donors (Lipinski definition) is 1. The van der Waals surface area contributed by atoms with Gasteiger partial charge < -0.3 is 10.5 Å². The van der Waals surface area contributed by atoms with Crippen LogP contribution in [0.5, 0.6) is 5.75 Å². The fraction of sp³-hybridized carbons (Fsp3) is 0.467. The van der Waals surface area contributed by atoms with E-state index in [0.29, 0.717) is 22.6 Å². The fourth-order valence-electron chi connectivity index (χ4n) is 1.83. The largest absolute Gasteiger partial charge is 0.427 e. The van der Waals surface area contributed by atoms with Gasteiger partial charge in [-0.2, -0.15) is 0 Å². The van der Waals surface area contributed by atoms with Crippen LogP contribution < -0.4 is 10.5 Å². The van der Waals surface area contributed by atoms with E-state index in [-0.39, 0.29) is 10.8 Å². The zero-order chi connectivity index (χ0) is 15.8. The Morgan fingerprint density at radius 3 is 2.33 bits per heavy atom. The minimum atomic E-state index is -0.507. The predicted octanol–water partition coefficient (Wildman–Crippen LogP) is 3.80. The number of amides is 1. The third kappa shape index (κ3) is 7.09. The molecule has 2 unspecified atom stereocenters. The summed E-state index contributed by atoms with van der Waals surface area (Å²) in [4.78, 5) is 23.2. The molecule has 0 aliphatic carbocycles. The van der Waals surface area contributed by atoms with Gasteiger partial charge in [-0.1, -0.05) is 45.2 Å². The molecule has 0 aliphatic rings. The minimum Gasteiger partial charge on any atom is -0.427 e. The summed E-state index contributed by atoms with van der Waals surface area (Å²) in [6.07, 6.45) is 3.34. The van der Waals surface area contributed by atoms with Crippen molar-refractivity contribution in [2.24, 2.45) is 5.73 Å². The molecule has 0 bridgehead atoms. The summed E-state index contributed by atoms with van der Waals surface area (Å²) in [5.74, 6) is -0.402. The molecule has 1 amide bonds. The first-order valence-electron chi connectivity index (χ1n) is 6.81. The Labute approximate surface area is 141 Å². The molecule has 0 fully saturated rings. The van der Waals surface area contributed by atoms with E-state index >= 15 is 0 Å². The van der Waals surface area contributed by atoms with E-state index in [1.807, 2.05) is 0 Å². The molecule has 2 N–H and O–H groups in total. The second-order valence-corrected chi connectivity index (χ2v) is 7.38. The third-order valence-corrected chi connectivity index (χ3v) is 4.40. The molecule has 0 aliphatic heterocycles. The van der Waals surface area contributed by atoms with Crippen LogP contribution in [0.4, 0.5) is 0 Å². The van der Waals surface area contributed by atoms with Gasteiger partial charge in [-0.25, -0.2) is 0 Å². The van der Waals surface area contributed by atoms with Gasteiger partial charge in [0, 0.05) is 15.2 Å². The maximum atomic E-state index is 11.8. The standard InChI is InChI=1S/C15H19Br2NO3/c1-2-3-11(16)8-12(17)9-14(19)21-13-6-4-10(5-7-13)15(18)20/h4-7,11-12H,2-3,8-9H2,1H3,(H2,18,20). The van der Waals surface area contributed by atoms with Crippen molar-refractivity contribution >= 4 is 43.7 Å². The summed E-state index contributed by atoms with van der Waals surface area (Å²) in [6.45, 7) is 2.13. The molecule has 0 saturated heterocycles. The molecule has 0 radical (unpaired) electrons. The number of benzene rings is 1. The van der Waals surface area contributed by atoms with Crippen LogP contribution in [0.3, 0.4) is 0 Å². The molecule has 2 atom stereocenters. The second-order valence-electron chi connectivity index (χ2n) is 4.79. The van der Waals surface area contributed by atoms with E-state index in [0.717, 1.165) is 19.3 Å². The van der Waals surface area contributed by atoms with Crippen LogP contribution in [0.1, 0.15) is 43.0 Å². The molecule has 1 rings (SSSR count). The molecular weight excluding hydrogens is 402 g/mol. The molecule has 4 nitrogen and oxygen atoms in total. The van der Waals surface area contributed by atoms with E-state index in [4.69, 9.17) is 10.5 Å². The van der Waals surface area contributed by atoms with Gasteiger partial charge in [0.25, 0.3) is 0 Å². The normalized spacial score (nSPS) is 13.5. The van der Waals surface area contributed by atoms with Crippen LogP contribution in [0.2, 0.25) is 0 Å². The van der Waals surface area contributed by atoms with E-state index in [9.17, 15) is 9.59 Å². The van der Waals surface area contributed by atoms with E-state index in [1.165, 1.54) is 12.1 Å². The average molecular weight is 421 g/mol. The molecule has 21 heavy (non-hydrogen) atoms. The van der Waals surface area contributed by atoms with E-state index < -0.39 is 5.91 Å². The van der Waals surface area contributed by atoms with Crippen LogP contribution >= 0.6 is 31.9 Å². The van der Waals surface area contributed by atoms with Crippen molar-refractivity contribution in [3.8, 4) is 5.75 Å². The van der Waals surface area contributed by atoms with Crippen molar-refractivity contribution in [3.63, 3.8) is 0 Å². The first-order chi connectivity index (χ1) is 9.92. The lowest BCUT2D eigenvalue weighted by molar-refractivity contribution is -0.134. The van der Waals surface area contributed by atoms with Crippen molar-refractivity contribution in [1.82, 2.24) is 0 Å². The summed E-state index contributed by atoms with van der Waals surface area (Å²) in [5.41, 5.74) is 5.53. The molecule has 0 heterocycles. The summed E-state index contributed by atoms with van der Waals surface area (Å²) < 4.78 is 5.22. The second kappa shape index (κ2) is 9.20. The molecule has 0 aromatic heterocycles. The molecule has 1 aromatic carbocycles. The van der Waals surface area contributed by atoms with Crippen molar-refractivity contribution in [1.29, 1.82) is 0 Å². The first kappa shape index (κ1) is 18.2. The number of carbonyl (C=O) groups excluding carboxylic acids is 2. The van der Waals surface area contributed by atoms with Crippen molar-refractivity contribution in [2.75, 3.05) is 0 Å². The third-order valence-electron chi connectivity index (χ3n) is 2.87. The number of hydrogen-bond acceptors (Lipinski definition) is 3. The summed E-state index contributed by atoms with van der Waals surface area (Å²) in [5, 5.41) is 0. The molecule has 6 heteroatoms. The molecule has 0 spiro atoms. The predicted molar refractivity (Wildman–Crippen MR) is 90.2 cm³/mol. The quantitative estimate of drug-likeness (QED) is 0.395. The number of primary amides is 1. The van der Waals surface area contributed by atoms with Gasteiger partial charge in [0.15, 0.2) is 0 Å². The Kier molecular flexibility index (Phi) is 7.96. The van der Waals surface area contributed by atoms with Crippen molar-refractivity contribution in [3.05, 3.63) is 29.8 Å². The van der Waals surface area contributed by atoms with E-state index in [1.54, 1.807) is 12.1 Å². The highest BCUT2D eigenvalue weighted by Gasteiger charge is 2.16. The number of alkyl halides is 2. The lowest BCUT2D eigenvalue weighted by Crippen LogP contribution is -2.17. The van der Waals surface area contributed by atoms with Crippen molar-refractivity contribution < 1.29 is 14.3 Å². The zero-order valence-corrected chi connectivity index (χ0v) is 15.0. The van der Waals surface area contributed by atoms with Crippen molar-refractivity contribution in [2.45, 2.75) is 42.3 Å². The highest BCUT2D eigenvalue weighted by atomic mass is 79.9. The van der Waals surface area contributed by atoms with Crippen LogP contribution in [0.15, 0.2) is 24.3 Å². The van der Waals surface area contributed by atoms with Gasteiger partial charge >= 0.3 is 5.97 Å². The van der Waals surface area contributed by atoms with Gasteiger partial charge in [0.05, 0.1) is 6.42 Å². The molecular formula is C15H19Br2NO3. The number of carbonyl (C=O) groups is 2. The van der Waals surface area contributed by atoms with Gasteiger partial charge in [-0.3, -0.25) is 9.59 Å². The van der Waals surface area contributed by atoms with Crippen LogP contribution in [-0.4, -0.2) is 21.5 Å². The van der Waals surface area contributed by atoms with Crippen LogP contribution in [0.25, 0.3) is 0 Å². The Morgan fingerprint density at radius 1 is 1.19 bits per heavy atom. The number of rotatable bonds is 8. The highest BCUT2D eigenvalue weighted by Crippen LogP contribution is 2.22. The summed E-state index contributed by atoms with van der Waals surface area (Å²) >= 11 is 7.09. The average Bonchev–Trinajstić information content (AvgIpc) is 2.38. The van der Waals surface area contributed by atoms with Gasteiger partial charge in [0.2, 0.25) is 5.91 Å². The van der Waals surface area contributed by atoms with Crippen LogP contribution in [-0.2, 0) is 4.79 Å². The minimum absolute atomic E-state index is 0.0748. The van der Waals surface area contributed by atoms with Gasteiger partial charge in [-0.15, -0.1) is 0 Å². The lowest BCUT2D eigenvalue weighted by Gasteiger charge is -2.13. The first-order valence-corrected chi connectivity index (χ1v) is 8.64. The number of nitrogens with two attached hydrogens (primary N) is 1. The highest BCUT2D eigenvalue weighted by molar-refractivity contribution is 9.10. The topological polar surface area (TPSA) is 69.4 Å². The molecule has 1 aromatic rings. The number of ether oxygens (including phenoxy) is 1. The Balaban J connectivity index is 2.44. The Bertz CT molecular complexity index is 476. The number of esters is 1. The fourth-order valence-corrected chi connectivity index (χ4v) is 3.96. The Morgan fingerprint density at radius 2 is 1.81 bits per heavy atom. The number of halogens is 2. The van der Waals surface area contributed by atoms with E-state index in [2.05, 4.69) is 38.8 Å². The lowest BCUT2D eigenvalue weighted by atomic mass is 10.1. The molecule has 0 saturated carbocycles. The monoisotopic (exact) mass is 419 g/mol. The van der Waals surface area contributed by atoms with Gasteiger partial charge in [0.1, 0.15) is 5.75 Å². The molecule has 116 valence electrons. The SMILES string of the molecule is CCCC(Br)CC(Br)CC(=O)Oc1ccc(C(N)=O)cc1.